The molecule has 0 heterocycles. The Bertz CT molecular complexity index is 450. The minimum Gasteiger partial charge on any atom is -0.481 e. The van der Waals surface area contributed by atoms with Crippen LogP contribution in [-0.2, 0) is 21.6 Å². The van der Waals surface area contributed by atoms with E-state index in [1.807, 2.05) is 12.1 Å². The lowest BCUT2D eigenvalue weighted by atomic mass is 9.76. The van der Waals surface area contributed by atoms with Crippen molar-refractivity contribution >= 4 is 17.6 Å². The summed E-state index contributed by atoms with van der Waals surface area (Å²) in [6, 6.07) is 5.50. The van der Waals surface area contributed by atoms with Crippen LogP contribution in [0.5, 0.6) is 0 Å². The molecule has 0 aromatic heterocycles. The molecule has 0 atom stereocenters. The maximum Gasteiger partial charge on any atom is 0.314 e. The first kappa shape index (κ1) is 13.4. The van der Waals surface area contributed by atoms with E-state index in [4.69, 9.17) is 16.3 Å². The average Bonchev–Trinajstić information content (AvgIpc) is 2.80. The number of rotatable bonds is 4. The van der Waals surface area contributed by atoms with Crippen molar-refractivity contribution in [2.24, 2.45) is 0 Å². The molecule has 2 rings (SSSR count). The molecule has 1 aromatic rings. The summed E-state index contributed by atoms with van der Waals surface area (Å²) in [5.74, 6) is -0.773. The molecule has 3 nitrogen and oxygen atoms in total. The molecule has 0 saturated heterocycles. The van der Waals surface area contributed by atoms with Crippen LogP contribution in [0.3, 0.4) is 0 Å². The molecule has 4 heteroatoms. The standard InChI is InChI=1S/C14H17ClO3/c1-18-9-10-5-4-6-11(15)12(10)14(13(16)17)7-2-3-8-14/h4-6H,2-3,7-9H2,1H3,(H,16,17). The third-order valence-corrected chi connectivity index (χ3v) is 4.06. The van der Waals surface area contributed by atoms with E-state index in [1.165, 1.54) is 0 Å². The van der Waals surface area contributed by atoms with Crippen molar-refractivity contribution in [3.8, 4) is 0 Å². The SMILES string of the molecule is COCc1cccc(Cl)c1C1(C(=O)O)CCCC1. The Hall–Kier alpha value is -1.06. The van der Waals surface area contributed by atoms with Crippen LogP contribution in [0.15, 0.2) is 18.2 Å². The van der Waals surface area contributed by atoms with Gasteiger partial charge in [0.1, 0.15) is 0 Å². The maximum atomic E-state index is 11.7. The molecule has 0 unspecified atom stereocenters. The van der Waals surface area contributed by atoms with Gasteiger partial charge in [0, 0.05) is 12.1 Å². The van der Waals surface area contributed by atoms with Gasteiger partial charge >= 0.3 is 5.97 Å². The largest absolute Gasteiger partial charge is 0.481 e. The van der Waals surface area contributed by atoms with Crippen LogP contribution in [0, 0.1) is 0 Å². The van der Waals surface area contributed by atoms with Gasteiger partial charge in [-0.2, -0.15) is 0 Å². The second-order valence-electron chi connectivity index (χ2n) is 4.80. The molecule has 0 radical (unpaired) electrons. The van der Waals surface area contributed by atoms with Gasteiger partial charge in [0.25, 0.3) is 0 Å². The first-order chi connectivity index (χ1) is 8.62. The molecule has 1 aliphatic rings. The van der Waals surface area contributed by atoms with Crippen molar-refractivity contribution in [1.82, 2.24) is 0 Å². The van der Waals surface area contributed by atoms with Gasteiger partial charge in [0.05, 0.1) is 12.0 Å². The first-order valence-corrected chi connectivity index (χ1v) is 6.50. The Kier molecular flexibility index (Phi) is 3.93. The summed E-state index contributed by atoms with van der Waals surface area (Å²) in [4.78, 5) is 11.7. The number of methoxy groups -OCH3 is 1. The van der Waals surface area contributed by atoms with Crippen LogP contribution in [0.2, 0.25) is 5.02 Å². The van der Waals surface area contributed by atoms with E-state index in [2.05, 4.69) is 0 Å². The topological polar surface area (TPSA) is 46.5 Å². The highest BCUT2D eigenvalue weighted by Crippen LogP contribution is 2.45. The number of hydrogen-bond acceptors (Lipinski definition) is 2. The number of benzene rings is 1. The Balaban J connectivity index is 2.57. The van der Waals surface area contributed by atoms with E-state index < -0.39 is 11.4 Å². The summed E-state index contributed by atoms with van der Waals surface area (Å²) in [5, 5.41) is 10.2. The second-order valence-corrected chi connectivity index (χ2v) is 5.21. The summed E-state index contributed by atoms with van der Waals surface area (Å²) in [7, 11) is 1.60. The molecule has 0 aliphatic heterocycles. The number of hydrogen-bond donors (Lipinski definition) is 1. The van der Waals surface area contributed by atoms with Gasteiger partial charge in [0.15, 0.2) is 0 Å². The highest BCUT2D eigenvalue weighted by atomic mass is 35.5. The number of carbonyl (C=O) groups is 1. The highest BCUT2D eigenvalue weighted by molar-refractivity contribution is 6.31. The minimum absolute atomic E-state index is 0.394. The maximum absolute atomic E-state index is 11.7. The lowest BCUT2D eigenvalue weighted by Crippen LogP contribution is -2.34. The Morgan fingerprint density at radius 2 is 2.11 bits per heavy atom. The van der Waals surface area contributed by atoms with Gasteiger partial charge < -0.3 is 9.84 Å². The van der Waals surface area contributed by atoms with Crippen molar-refractivity contribution in [3.63, 3.8) is 0 Å². The van der Waals surface area contributed by atoms with E-state index in [0.717, 1.165) is 24.0 Å². The number of carboxylic acid groups (broad SMARTS) is 1. The van der Waals surface area contributed by atoms with E-state index in [0.29, 0.717) is 24.5 Å². The van der Waals surface area contributed by atoms with Crippen LogP contribution in [0.25, 0.3) is 0 Å². The molecule has 0 amide bonds. The van der Waals surface area contributed by atoms with Crippen LogP contribution in [-0.4, -0.2) is 18.2 Å². The smallest absolute Gasteiger partial charge is 0.314 e. The molecular formula is C14H17ClO3. The monoisotopic (exact) mass is 268 g/mol. The predicted octanol–water partition coefficient (Wildman–Crippen LogP) is 3.38. The molecule has 0 spiro atoms. The van der Waals surface area contributed by atoms with Crippen LogP contribution in [0.4, 0.5) is 0 Å². The zero-order valence-corrected chi connectivity index (χ0v) is 11.2. The van der Waals surface area contributed by atoms with E-state index >= 15 is 0 Å². The zero-order chi connectivity index (χ0) is 13.2. The van der Waals surface area contributed by atoms with E-state index in [1.54, 1.807) is 13.2 Å². The number of ether oxygens (including phenoxy) is 1. The zero-order valence-electron chi connectivity index (χ0n) is 10.4. The fourth-order valence-corrected chi connectivity index (χ4v) is 3.30. The molecular weight excluding hydrogens is 252 g/mol. The fraction of sp³-hybridized carbons (Fsp3) is 0.500. The van der Waals surface area contributed by atoms with Crippen LogP contribution in [0.1, 0.15) is 36.8 Å². The summed E-state index contributed by atoms with van der Waals surface area (Å²) in [5.41, 5.74) is 0.805. The Morgan fingerprint density at radius 3 is 2.67 bits per heavy atom. The van der Waals surface area contributed by atoms with E-state index in [-0.39, 0.29) is 0 Å². The van der Waals surface area contributed by atoms with Gasteiger partial charge in [-0.25, -0.2) is 0 Å². The summed E-state index contributed by atoms with van der Waals surface area (Å²) < 4.78 is 5.16. The molecule has 98 valence electrons. The van der Waals surface area contributed by atoms with Gasteiger partial charge in [-0.1, -0.05) is 36.6 Å². The van der Waals surface area contributed by atoms with Crippen molar-refractivity contribution in [2.45, 2.75) is 37.7 Å². The third kappa shape index (κ3) is 2.13. The van der Waals surface area contributed by atoms with Crippen molar-refractivity contribution in [1.29, 1.82) is 0 Å². The summed E-state index contributed by atoms with van der Waals surface area (Å²) >= 11 is 6.26. The number of halogens is 1. The lowest BCUT2D eigenvalue weighted by molar-refractivity contribution is -0.143. The first-order valence-electron chi connectivity index (χ1n) is 6.12. The highest BCUT2D eigenvalue weighted by Gasteiger charge is 2.45. The molecule has 18 heavy (non-hydrogen) atoms. The van der Waals surface area contributed by atoms with Gasteiger partial charge in [0.2, 0.25) is 0 Å². The number of carboxylic acids is 1. The van der Waals surface area contributed by atoms with Gasteiger partial charge in [-0.3, -0.25) is 4.79 Å². The van der Waals surface area contributed by atoms with Crippen LogP contribution >= 0.6 is 11.6 Å². The average molecular weight is 269 g/mol. The third-order valence-electron chi connectivity index (χ3n) is 3.74. The number of aliphatic carboxylic acids is 1. The fourth-order valence-electron chi connectivity index (χ4n) is 2.93. The molecule has 1 fully saturated rings. The summed E-state index contributed by atoms with van der Waals surface area (Å²) in [6.45, 7) is 0.394. The summed E-state index contributed by atoms with van der Waals surface area (Å²) in [6.07, 6.45) is 3.18. The Labute approximate surface area is 112 Å². The molecule has 1 aliphatic carbocycles. The molecule has 1 saturated carbocycles. The second kappa shape index (κ2) is 5.29. The van der Waals surface area contributed by atoms with Crippen molar-refractivity contribution in [2.75, 3.05) is 7.11 Å². The Morgan fingerprint density at radius 1 is 1.44 bits per heavy atom. The van der Waals surface area contributed by atoms with Gasteiger partial charge in [-0.15, -0.1) is 0 Å². The minimum atomic E-state index is -0.827. The quantitative estimate of drug-likeness (QED) is 0.911. The van der Waals surface area contributed by atoms with Crippen molar-refractivity contribution in [3.05, 3.63) is 34.3 Å². The van der Waals surface area contributed by atoms with Crippen molar-refractivity contribution < 1.29 is 14.6 Å². The van der Waals surface area contributed by atoms with E-state index in [9.17, 15) is 9.90 Å². The molecule has 1 aromatic carbocycles. The normalized spacial score (nSPS) is 17.9. The van der Waals surface area contributed by atoms with Gasteiger partial charge in [-0.05, 0) is 30.0 Å². The lowest BCUT2D eigenvalue weighted by Gasteiger charge is -2.28. The molecule has 0 bridgehead atoms. The predicted molar refractivity (Wildman–Crippen MR) is 69.9 cm³/mol. The van der Waals surface area contributed by atoms with Crippen LogP contribution < -0.4 is 0 Å². The molecule has 1 N–H and O–H groups in total.